The number of nitrogens with zero attached hydrogens (tertiary/aromatic N) is 1. The molecule has 3 atom stereocenters. The highest BCUT2D eigenvalue weighted by Gasteiger charge is 2.42. The van der Waals surface area contributed by atoms with E-state index in [1.54, 1.807) is 31.2 Å². The molecule has 126 valence electrons. The number of carbonyl (C=O) groups is 2. The minimum absolute atomic E-state index is 0.245. The van der Waals surface area contributed by atoms with Crippen molar-refractivity contribution in [2.24, 2.45) is 0 Å². The van der Waals surface area contributed by atoms with Gasteiger partial charge >= 0.3 is 5.97 Å². The highest BCUT2D eigenvalue weighted by Crippen LogP contribution is 2.27. The van der Waals surface area contributed by atoms with E-state index in [9.17, 15) is 14.7 Å². The van der Waals surface area contributed by atoms with Crippen LogP contribution >= 0.6 is 11.6 Å². The fourth-order valence-corrected chi connectivity index (χ4v) is 2.81. The van der Waals surface area contributed by atoms with Crippen LogP contribution in [0.3, 0.4) is 0 Å². The Hall–Kier alpha value is -1.79. The zero-order chi connectivity index (χ0) is 17.0. The number of ether oxygens (including phenoxy) is 2. The highest BCUT2D eigenvalue weighted by molar-refractivity contribution is 6.32. The number of carboxylic acids is 1. The van der Waals surface area contributed by atoms with Crippen LogP contribution in [0.25, 0.3) is 0 Å². The molecular formula is C16H20ClNO5. The van der Waals surface area contributed by atoms with E-state index < -0.39 is 18.1 Å². The number of carboxylic acid groups (broad SMARTS) is 1. The van der Waals surface area contributed by atoms with Crippen molar-refractivity contribution in [3.63, 3.8) is 0 Å². The van der Waals surface area contributed by atoms with Gasteiger partial charge in [-0.2, -0.15) is 0 Å². The average Bonchev–Trinajstić information content (AvgIpc) is 2.98. The van der Waals surface area contributed by atoms with Crippen molar-refractivity contribution in [2.45, 2.75) is 38.0 Å². The summed E-state index contributed by atoms with van der Waals surface area (Å²) in [4.78, 5) is 25.4. The zero-order valence-corrected chi connectivity index (χ0v) is 13.8. The fourth-order valence-electron chi connectivity index (χ4n) is 2.63. The van der Waals surface area contributed by atoms with Crippen LogP contribution in [0.4, 0.5) is 0 Å². The van der Waals surface area contributed by atoms with E-state index in [0.717, 1.165) is 0 Å². The van der Waals surface area contributed by atoms with Gasteiger partial charge in [0.25, 0.3) is 5.91 Å². The molecule has 0 bridgehead atoms. The minimum Gasteiger partial charge on any atom is -0.480 e. The lowest BCUT2D eigenvalue weighted by Gasteiger charge is -2.26. The first-order valence-corrected chi connectivity index (χ1v) is 7.83. The Morgan fingerprint density at radius 1 is 1.43 bits per heavy atom. The number of rotatable bonds is 6. The maximum absolute atomic E-state index is 12.7. The molecule has 1 saturated heterocycles. The lowest BCUT2D eigenvalue weighted by atomic mass is 10.2. The Balaban J connectivity index is 2.15. The quantitative estimate of drug-likeness (QED) is 0.858. The summed E-state index contributed by atoms with van der Waals surface area (Å²) in [6.45, 7) is 2.05. The lowest BCUT2D eigenvalue weighted by Crippen LogP contribution is -2.47. The van der Waals surface area contributed by atoms with Gasteiger partial charge in [0.2, 0.25) is 0 Å². The lowest BCUT2D eigenvalue weighted by molar-refractivity contribution is -0.151. The average molecular weight is 342 g/mol. The second-order valence-electron chi connectivity index (χ2n) is 5.38. The van der Waals surface area contributed by atoms with Crippen molar-refractivity contribution >= 4 is 23.5 Å². The minimum atomic E-state index is -1.04. The Morgan fingerprint density at radius 3 is 2.70 bits per heavy atom. The van der Waals surface area contributed by atoms with Crippen LogP contribution < -0.4 is 4.74 Å². The molecule has 1 fully saturated rings. The van der Waals surface area contributed by atoms with Gasteiger partial charge in [-0.1, -0.05) is 30.7 Å². The van der Waals surface area contributed by atoms with Crippen LogP contribution in [0.1, 0.15) is 19.8 Å². The van der Waals surface area contributed by atoms with E-state index in [1.807, 2.05) is 0 Å². The molecule has 23 heavy (non-hydrogen) atoms. The zero-order valence-electron chi connectivity index (χ0n) is 13.1. The first-order chi connectivity index (χ1) is 11.0. The third kappa shape index (κ3) is 3.95. The Morgan fingerprint density at radius 2 is 2.13 bits per heavy atom. The van der Waals surface area contributed by atoms with Crippen LogP contribution in [-0.2, 0) is 14.3 Å². The summed E-state index contributed by atoms with van der Waals surface area (Å²) in [6, 6.07) is 5.98. The second-order valence-corrected chi connectivity index (χ2v) is 5.79. The molecule has 1 aliphatic rings. The molecule has 6 nitrogen and oxygen atoms in total. The van der Waals surface area contributed by atoms with E-state index >= 15 is 0 Å². The molecule has 7 heteroatoms. The van der Waals surface area contributed by atoms with E-state index in [0.29, 0.717) is 17.2 Å². The summed E-state index contributed by atoms with van der Waals surface area (Å²) < 4.78 is 10.9. The summed E-state index contributed by atoms with van der Waals surface area (Å²) in [5, 5.41) is 9.73. The number of para-hydroxylation sites is 1. The SMILES string of the molecule is CCC(Oc1ccccc1Cl)C(=O)N1CC(OC)CC1C(=O)O. The number of hydrogen-bond donors (Lipinski definition) is 1. The summed E-state index contributed by atoms with van der Waals surface area (Å²) in [6.07, 6.45) is -0.379. The van der Waals surface area contributed by atoms with Crippen molar-refractivity contribution < 1.29 is 24.2 Å². The topological polar surface area (TPSA) is 76.1 Å². The Labute approximate surface area is 139 Å². The molecule has 0 saturated carbocycles. The van der Waals surface area contributed by atoms with E-state index in [-0.39, 0.29) is 25.0 Å². The molecule has 0 spiro atoms. The number of carbonyl (C=O) groups excluding carboxylic acids is 1. The van der Waals surface area contributed by atoms with Gasteiger partial charge in [-0.05, 0) is 18.6 Å². The molecular weight excluding hydrogens is 322 g/mol. The molecule has 1 aromatic rings. The van der Waals surface area contributed by atoms with Crippen molar-refractivity contribution in [3.05, 3.63) is 29.3 Å². The summed E-state index contributed by atoms with van der Waals surface area (Å²) in [5.74, 6) is -0.992. The molecule has 0 radical (unpaired) electrons. The van der Waals surface area contributed by atoms with Gasteiger partial charge in [0, 0.05) is 20.1 Å². The molecule has 0 aromatic heterocycles. The van der Waals surface area contributed by atoms with Gasteiger partial charge in [0.15, 0.2) is 6.10 Å². The Bertz CT molecular complexity index is 579. The van der Waals surface area contributed by atoms with E-state index in [1.165, 1.54) is 12.0 Å². The maximum atomic E-state index is 12.7. The maximum Gasteiger partial charge on any atom is 0.326 e. The first-order valence-electron chi connectivity index (χ1n) is 7.45. The molecule has 1 aromatic carbocycles. The normalized spacial score (nSPS) is 22.0. The molecule has 2 rings (SSSR count). The molecule has 3 unspecified atom stereocenters. The third-order valence-electron chi connectivity index (χ3n) is 3.92. The predicted octanol–water partition coefficient (Wildman–Crippen LogP) is 2.20. The van der Waals surface area contributed by atoms with Gasteiger partial charge in [0.1, 0.15) is 11.8 Å². The van der Waals surface area contributed by atoms with Crippen molar-refractivity contribution in [1.29, 1.82) is 0 Å². The molecule has 1 aliphatic heterocycles. The Kier molecular flexibility index (Phi) is 5.85. The second kappa shape index (κ2) is 7.66. The van der Waals surface area contributed by atoms with Crippen molar-refractivity contribution in [3.8, 4) is 5.75 Å². The number of likely N-dealkylation sites (tertiary alicyclic amines) is 1. The van der Waals surface area contributed by atoms with Crippen LogP contribution in [-0.4, -0.2) is 53.8 Å². The van der Waals surface area contributed by atoms with Gasteiger partial charge in [0.05, 0.1) is 11.1 Å². The van der Waals surface area contributed by atoms with Crippen molar-refractivity contribution in [1.82, 2.24) is 4.90 Å². The molecule has 1 N–H and O–H groups in total. The number of benzene rings is 1. The van der Waals surface area contributed by atoms with Gasteiger partial charge < -0.3 is 19.5 Å². The van der Waals surface area contributed by atoms with Gasteiger partial charge in [-0.15, -0.1) is 0 Å². The van der Waals surface area contributed by atoms with Crippen LogP contribution in [0, 0.1) is 0 Å². The number of aliphatic carboxylic acids is 1. The number of methoxy groups -OCH3 is 1. The van der Waals surface area contributed by atoms with Gasteiger partial charge in [-0.25, -0.2) is 4.79 Å². The van der Waals surface area contributed by atoms with E-state index in [4.69, 9.17) is 21.1 Å². The standard InChI is InChI=1S/C16H20ClNO5/c1-3-13(23-14-7-5-4-6-11(14)17)15(19)18-9-10(22-2)8-12(18)16(20)21/h4-7,10,12-13H,3,8-9H2,1-2H3,(H,20,21). The highest BCUT2D eigenvalue weighted by atomic mass is 35.5. The van der Waals surface area contributed by atoms with Gasteiger partial charge in [-0.3, -0.25) is 4.79 Å². The monoisotopic (exact) mass is 341 g/mol. The number of halogens is 1. The van der Waals surface area contributed by atoms with Crippen LogP contribution in [0.2, 0.25) is 5.02 Å². The summed E-state index contributed by atoms with van der Waals surface area (Å²) in [7, 11) is 1.51. The predicted molar refractivity (Wildman–Crippen MR) is 84.7 cm³/mol. The molecule has 1 heterocycles. The number of amides is 1. The summed E-state index contributed by atoms with van der Waals surface area (Å²) >= 11 is 6.05. The van der Waals surface area contributed by atoms with Crippen molar-refractivity contribution in [2.75, 3.05) is 13.7 Å². The molecule has 1 amide bonds. The summed E-state index contributed by atoms with van der Waals surface area (Å²) in [5.41, 5.74) is 0. The van der Waals surface area contributed by atoms with Crippen LogP contribution in [0.5, 0.6) is 5.75 Å². The largest absolute Gasteiger partial charge is 0.480 e. The van der Waals surface area contributed by atoms with E-state index in [2.05, 4.69) is 0 Å². The molecule has 0 aliphatic carbocycles. The fraction of sp³-hybridized carbons (Fsp3) is 0.500. The van der Waals surface area contributed by atoms with Crippen LogP contribution in [0.15, 0.2) is 24.3 Å². The first kappa shape index (κ1) is 17.6. The third-order valence-corrected chi connectivity index (χ3v) is 4.23. The number of hydrogen-bond acceptors (Lipinski definition) is 4. The smallest absolute Gasteiger partial charge is 0.326 e.